The third-order valence-electron chi connectivity index (χ3n) is 3.58. The summed E-state index contributed by atoms with van der Waals surface area (Å²) in [6.45, 7) is 4.49. The maximum absolute atomic E-state index is 9.40. The lowest BCUT2D eigenvalue weighted by molar-refractivity contribution is 0.0820. The van der Waals surface area contributed by atoms with Gasteiger partial charge in [0.15, 0.2) is 0 Å². The zero-order valence-corrected chi connectivity index (χ0v) is 11.5. The van der Waals surface area contributed by atoms with E-state index in [4.69, 9.17) is 9.72 Å². The van der Waals surface area contributed by atoms with Crippen molar-refractivity contribution in [2.24, 2.45) is 0 Å². The summed E-state index contributed by atoms with van der Waals surface area (Å²) in [6.07, 6.45) is 1.13. The van der Waals surface area contributed by atoms with Crippen molar-refractivity contribution in [2.75, 3.05) is 24.6 Å². The quantitative estimate of drug-likeness (QED) is 0.797. The number of ether oxygens (including phenoxy) is 1. The van der Waals surface area contributed by atoms with Crippen LogP contribution < -0.4 is 4.90 Å². The molecule has 1 saturated heterocycles. The smallest absolute Gasteiger partial charge is 0.147 e. The van der Waals surface area contributed by atoms with Gasteiger partial charge >= 0.3 is 0 Å². The van der Waals surface area contributed by atoms with Gasteiger partial charge in [-0.1, -0.05) is 18.2 Å². The molecule has 20 heavy (non-hydrogen) atoms. The van der Waals surface area contributed by atoms with Crippen LogP contribution in [-0.2, 0) is 4.74 Å². The fraction of sp³-hybridized carbons (Fsp3) is 0.375. The number of para-hydroxylation sites is 1. The van der Waals surface area contributed by atoms with E-state index in [2.05, 4.69) is 17.9 Å². The minimum atomic E-state index is 0.164. The van der Waals surface area contributed by atoms with E-state index in [-0.39, 0.29) is 6.10 Å². The van der Waals surface area contributed by atoms with E-state index in [1.165, 1.54) is 0 Å². The molecular formula is C16H17N3O. The molecule has 2 aromatic rings. The molecule has 0 saturated carbocycles. The van der Waals surface area contributed by atoms with E-state index in [1.54, 1.807) is 0 Å². The monoisotopic (exact) mass is 267 g/mol. The second-order valence-electron chi connectivity index (χ2n) is 5.15. The molecule has 0 bridgehead atoms. The Morgan fingerprint density at radius 3 is 3.10 bits per heavy atom. The SMILES string of the molecule is CC1CN(c2nc3ccccc3cc2C#N)CCCO1. The molecule has 2 heterocycles. The van der Waals surface area contributed by atoms with E-state index in [9.17, 15) is 5.26 Å². The maximum Gasteiger partial charge on any atom is 0.147 e. The van der Waals surface area contributed by atoms with Crippen molar-refractivity contribution >= 4 is 16.7 Å². The summed E-state index contributed by atoms with van der Waals surface area (Å²) in [5.74, 6) is 0.781. The van der Waals surface area contributed by atoms with Crippen LogP contribution in [0.25, 0.3) is 10.9 Å². The van der Waals surface area contributed by atoms with Gasteiger partial charge in [-0.25, -0.2) is 4.98 Å². The predicted molar refractivity (Wildman–Crippen MR) is 78.7 cm³/mol. The van der Waals surface area contributed by atoms with Gasteiger partial charge in [0.25, 0.3) is 0 Å². The number of fused-ring (bicyclic) bond motifs is 1. The molecule has 0 amide bonds. The molecule has 1 aromatic heterocycles. The lowest BCUT2D eigenvalue weighted by Gasteiger charge is -2.24. The second-order valence-corrected chi connectivity index (χ2v) is 5.15. The first kappa shape index (κ1) is 12.9. The van der Waals surface area contributed by atoms with Crippen LogP contribution in [0.1, 0.15) is 18.9 Å². The minimum absolute atomic E-state index is 0.164. The molecule has 1 aliphatic rings. The molecule has 1 aliphatic heterocycles. The molecule has 0 N–H and O–H groups in total. The summed E-state index contributed by atoms with van der Waals surface area (Å²) in [5, 5.41) is 10.4. The molecule has 0 aliphatic carbocycles. The van der Waals surface area contributed by atoms with E-state index >= 15 is 0 Å². The molecule has 1 atom stereocenters. The van der Waals surface area contributed by atoms with Crippen molar-refractivity contribution in [3.8, 4) is 6.07 Å². The number of hydrogen-bond acceptors (Lipinski definition) is 4. The van der Waals surface area contributed by atoms with E-state index in [1.807, 2.05) is 30.3 Å². The Labute approximate surface area is 118 Å². The van der Waals surface area contributed by atoms with Crippen LogP contribution in [0.5, 0.6) is 0 Å². The first-order valence-electron chi connectivity index (χ1n) is 6.94. The van der Waals surface area contributed by atoms with Gasteiger partial charge in [0.1, 0.15) is 11.9 Å². The number of aromatic nitrogens is 1. The normalized spacial score (nSPS) is 19.6. The van der Waals surface area contributed by atoms with Crippen LogP contribution in [-0.4, -0.2) is 30.8 Å². The first-order valence-corrected chi connectivity index (χ1v) is 6.94. The molecule has 4 nitrogen and oxygen atoms in total. The molecule has 0 radical (unpaired) electrons. The number of pyridine rings is 1. The number of rotatable bonds is 1. The summed E-state index contributed by atoms with van der Waals surface area (Å²) in [6, 6.07) is 12.1. The van der Waals surface area contributed by atoms with Crippen LogP contribution >= 0.6 is 0 Å². The molecule has 102 valence electrons. The Morgan fingerprint density at radius 1 is 1.40 bits per heavy atom. The Balaban J connectivity index is 2.07. The fourth-order valence-corrected chi connectivity index (χ4v) is 2.62. The largest absolute Gasteiger partial charge is 0.377 e. The molecule has 1 aromatic carbocycles. The standard InChI is InChI=1S/C16H17N3O/c1-12-11-19(7-4-8-20-12)16-14(10-17)9-13-5-2-3-6-15(13)18-16/h2-3,5-6,9,12H,4,7-8,11H2,1H3. The lowest BCUT2D eigenvalue weighted by Crippen LogP contribution is -2.31. The van der Waals surface area contributed by atoms with Crippen molar-refractivity contribution in [1.29, 1.82) is 5.26 Å². The Morgan fingerprint density at radius 2 is 2.25 bits per heavy atom. The van der Waals surface area contributed by atoms with Crippen molar-refractivity contribution in [1.82, 2.24) is 4.98 Å². The highest BCUT2D eigenvalue weighted by Crippen LogP contribution is 2.24. The first-order chi connectivity index (χ1) is 9.78. The number of nitriles is 1. The Kier molecular flexibility index (Phi) is 3.53. The fourth-order valence-electron chi connectivity index (χ4n) is 2.62. The average molecular weight is 267 g/mol. The van der Waals surface area contributed by atoms with Crippen molar-refractivity contribution in [3.63, 3.8) is 0 Å². The molecule has 4 heteroatoms. The molecule has 3 rings (SSSR count). The van der Waals surface area contributed by atoms with Gasteiger partial charge in [-0.2, -0.15) is 5.26 Å². The highest BCUT2D eigenvalue weighted by Gasteiger charge is 2.19. The predicted octanol–water partition coefficient (Wildman–Crippen LogP) is 2.72. The van der Waals surface area contributed by atoms with E-state index < -0.39 is 0 Å². The average Bonchev–Trinajstić information content (AvgIpc) is 2.70. The number of nitrogens with zero attached hydrogens (tertiary/aromatic N) is 3. The number of anilines is 1. The van der Waals surface area contributed by atoms with Crippen LogP contribution in [0, 0.1) is 11.3 Å². The Bertz CT molecular complexity index is 662. The number of hydrogen-bond donors (Lipinski definition) is 0. The van der Waals surface area contributed by atoms with Gasteiger partial charge < -0.3 is 9.64 Å². The maximum atomic E-state index is 9.40. The topological polar surface area (TPSA) is 49.2 Å². The van der Waals surface area contributed by atoms with Gasteiger partial charge in [-0.3, -0.25) is 0 Å². The van der Waals surface area contributed by atoms with Crippen molar-refractivity contribution in [2.45, 2.75) is 19.4 Å². The highest BCUT2D eigenvalue weighted by atomic mass is 16.5. The molecule has 1 fully saturated rings. The van der Waals surface area contributed by atoms with E-state index in [0.717, 1.165) is 42.8 Å². The highest BCUT2D eigenvalue weighted by molar-refractivity contribution is 5.83. The van der Waals surface area contributed by atoms with Crippen molar-refractivity contribution < 1.29 is 4.74 Å². The summed E-state index contributed by atoms with van der Waals surface area (Å²) in [7, 11) is 0. The Hall–Kier alpha value is -2.12. The summed E-state index contributed by atoms with van der Waals surface area (Å²) < 4.78 is 5.66. The van der Waals surface area contributed by atoms with Crippen LogP contribution in [0.4, 0.5) is 5.82 Å². The lowest BCUT2D eigenvalue weighted by atomic mass is 10.1. The second kappa shape index (κ2) is 5.48. The van der Waals surface area contributed by atoms with Gasteiger partial charge in [-0.15, -0.1) is 0 Å². The van der Waals surface area contributed by atoms with Gasteiger partial charge in [0.2, 0.25) is 0 Å². The van der Waals surface area contributed by atoms with Crippen LogP contribution in [0.2, 0.25) is 0 Å². The summed E-state index contributed by atoms with van der Waals surface area (Å²) >= 11 is 0. The zero-order valence-electron chi connectivity index (χ0n) is 11.5. The molecule has 0 spiro atoms. The van der Waals surface area contributed by atoms with Crippen LogP contribution in [0.3, 0.4) is 0 Å². The summed E-state index contributed by atoms with van der Waals surface area (Å²) in [4.78, 5) is 6.86. The van der Waals surface area contributed by atoms with Gasteiger partial charge in [-0.05, 0) is 25.5 Å². The molecule has 1 unspecified atom stereocenters. The molecular weight excluding hydrogens is 250 g/mol. The van der Waals surface area contributed by atoms with Gasteiger partial charge in [0, 0.05) is 25.1 Å². The third-order valence-corrected chi connectivity index (χ3v) is 3.58. The van der Waals surface area contributed by atoms with Gasteiger partial charge in [0.05, 0.1) is 17.2 Å². The van der Waals surface area contributed by atoms with Crippen molar-refractivity contribution in [3.05, 3.63) is 35.9 Å². The summed E-state index contributed by atoms with van der Waals surface area (Å²) in [5.41, 5.74) is 1.57. The minimum Gasteiger partial charge on any atom is -0.377 e. The van der Waals surface area contributed by atoms with E-state index in [0.29, 0.717) is 5.56 Å². The zero-order chi connectivity index (χ0) is 13.9. The number of benzene rings is 1. The third kappa shape index (κ3) is 2.45. The van der Waals surface area contributed by atoms with Crippen LogP contribution in [0.15, 0.2) is 30.3 Å².